The van der Waals surface area contributed by atoms with Crippen molar-refractivity contribution in [1.82, 2.24) is 14.1 Å². The van der Waals surface area contributed by atoms with Gasteiger partial charge in [-0.1, -0.05) is 6.07 Å². The molecule has 1 aliphatic heterocycles. The van der Waals surface area contributed by atoms with Crippen LogP contribution in [0.5, 0.6) is 0 Å². The van der Waals surface area contributed by atoms with Gasteiger partial charge in [-0.15, -0.1) is 0 Å². The topological polar surface area (TPSA) is 30.5 Å². The van der Waals surface area contributed by atoms with Crippen LogP contribution in [0.4, 0.5) is 0 Å². The molecule has 4 rings (SSSR count). The molecule has 4 heterocycles. The molecule has 0 aliphatic carbocycles. The molecule has 0 amide bonds. The number of aromatic nitrogens is 5. The van der Waals surface area contributed by atoms with Gasteiger partial charge >= 0.3 is 0 Å². The molecular formula is C16H19N5+2. The molecule has 0 spiro atoms. The standard InChI is InChI=1S/C16H19N5/c1-3-15-11-20-9-7-18(13-20)5-2-6-19-8-10-21(14-19)12-16(4-1)17-15/h1,3-4,7-10,13-14H,2,5-6,11-12H2/q+2. The number of rotatable bonds is 0. The van der Waals surface area contributed by atoms with Gasteiger partial charge in [-0.25, -0.2) is 23.3 Å². The molecule has 5 nitrogen and oxygen atoms in total. The first kappa shape index (κ1) is 12.3. The first-order valence-electron chi connectivity index (χ1n) is 7.40. The molecule has 3 aromatic heterocycles. The lowest BCUT2D eigenvalue weighted by Gasteiger charge is -2.02. The van der Waals surface area contributed by atoms with Crippen LogP contribution in [0.1, 0.15) is 17.8 Å². The van der Waals surface area contributed by atoms with E-state index in [-0.39, 0.29) is 0 Å². The average Bonchev–Trinajstić information content (AvgIpc) is 3.09. The van der Waals surface area contributed by atoms with Crippen molar-refractivity contribution in [2.75, 3.05) is 0 Å². The van der Waals surface area contributed by atoms with Crippen LogP contribution in [0.3, 0.4) is 0 Å². The molecule has 5 heteroatoms. The van der Waals surface area contributed by atoms with Gasteiger partial charge < -0.3 is 0 Å². The van der Waals surface area contributed by atoms with E-state index in [1.807, 2.05) is 0 Å². The second-order valence-corrected chi connectivity index (χ2v) is 5.62. The number of fused-ring (bicyclic) bond motifs is 6. The van der Waals surface area contributed by atoms with E-state index in [2.05, 4.69) is 73.9 Å². The summed E-state index contributed by atoms with van der Waals surface area (Å²) < 4.78 is 8.87. The van der Waals surface area contributed by atoms with E-state index in [9.17, 15) is 0 Å². The lowest BCUT2D eigenvalue weighted by Crippen LogP contribution is -2.34. The predicted molar refractivity (Wildman–Crippen MR) is 76.3 cm³/mol. The summed E-state index contributed by atoms with van der Waals surface area (Å²) >= 11 is 0. The van der Waals surface area contributed by atoms with Crippen molar-refractivity contribution in [3.05, 3.63) is 67.0 Å². The van der Waals surface area contributed by atoms with Crippen LogP contribution < -0.4 is 9.13 Å². The molecule has 6 bridgehead atoms. The number of hydrogen-bond acceptors (Lipinski definition) is 1. The highest BCUT2D eigenvalue weighted by molar-refractivity contribution is 5.09. The van der Waals surface area contributed by atoms with Crippen molar-refractivity contribution in [2.24, 2.45) is 0 Å². The van der Waals surface area contributed by atoms with Crippen molar-refractivity contribution in [2.45, 2.75) is 32.6 Å². The Balaban J connectivity index is 1.71. The van der Waals surface area contributed by atoms with Gasteiger partial charge in [-0.05, 0) is 12.1 Å². The van der Waals surface area contributed by atoms with Crippen LogP contribution in [0, 0.1) is 0 Å². The number of aryl methyl sites for hydroxylation is 2. The maximum Gasteiger partial charge on any atom is 0.244 e. The van der Waals surface area contributed by atoms with E-state index in [1.165, 1.54) is 0 Å². The van der Waals surface area contributed by atoms with Crippen LogP contribution in [0.15, 0.2) is 55.6 Å². The third kappa shape index (κ3) is 2.72. The molecule has 0 unspecified atom stereocenters. The molecule has 0 N–H and O–H groups in total. The fourth-order valence-corrected chi connectivity index (χ4v) is 2.84. The van der Waals surface area contributed by atoms with Crippen LogP contribution in [0.2, 0.25) is 0 Å². The molecule has 0 atom stereocenters. The lowest BCUT2D eigenvalue weighted by molar-refractivity contribution is -0.690. The molecule has 3 aromatic rings. The summed E-state index contributed by atoms with van der Waals surface area (Å²) in [6.07, 6.45) is 14.0. The molecule has 1 aliphatic rings. The summed E-state index contributed by atoms with van der Waals surface area (Å²) in [5.41, 5.74) is 2.21. The molecule has 21 heavy (non-hydrogen) atoms. The Morgan fingerprint density at radius 1 is 0.857 bits per heavy atom. The first-order chi connectivity index (χ1) is 10.3. The first-order valence-corrected chi connectivity index (χ1v) is 7.40. The maximum absolute atomic E-state index is 4.77. The Morgan fingerprint density at radius 3 is 2.00 bits per heavy atom. The average molecular weight is 281 g/mol. The highest BCUT2D eigenvalue weighted by atomic mass is 15.1. The summed E-state index contributed by atoms with van der Waals surface area (Å²) in [5, 5.41) is 0. The van der Waals surface area contributed by atoms with Gasteiger partial charge in [0, 0.05) is 6.42 Å². The van der Waals surface area contributed by atoms with Crippen LogP contribution in [0.25, 0.3) is 0 Å². The van der Waals surface area contributed by atoms with E-state index >= 15 is 0 Å². The highest BCUT2D eigenvalue weighted by Gasteiger charge is 2.11. The third-order valence-electron chi connectivity index (χ3n) is 3.88. The van der Waals surface area contributed by atoms with Gasteiger partial charge in [-0.2, -0.15) is 0 Å². The Kier molecular flexibility index (Phi) is 3.03. The molecule has 0 radical (unpaired) electrons. The van der Waals surface area contributed by atoms with Gasteiger partial charge in [0.1, 0.15) is 37.9 Å². The minimum absolute atomic E-state index is 0.826. The highest BCUT2D eigenvalue weighted by Crippen LogP contribution is 2.01. The van der Waals surface area contributed by atoms with E-state index in [1.54, 1.807) is 0 Å². The van der Waals surface area contributed by atoms with E-state index in [0.29, 0.717) is 0 Å². The summed E-state index contributed by atoms with van der Waals surface area (Å²) in [7, 11) is 0. The maximum atomic E-state index is 4.77. The summed E-state index contributed by atoms with van der Waals surface area (Å²) in [6, 6.07) is 6.28. The Morgan fingerprint density at radius 2 is 1.43 bits per heavy atom. The summed E-state index contributed by atoms with van der Waals surface area (Å²) in [4.78, 5) is 4.77. The van der Waals surface area contributed by atoms with Crippen molar-refractivity contribution < 1.29 is 9.13 Å². The quantitative estimate of drug-likeness (QED) is 0.560. The van der Waals surface area contributed by atoms with Crippen molar-refractivity contribution in [3.8, 4) is 0 Å². The van der Waals surface area contributed by atoms with Gasteiger partial charge in [0.2, 0.25) is 12.7 Å². The Hall–Kier alpha value is -2.43. The number of pyridine rings is 1. The SMILES string of the molecule is c1cc2nc(c1)C[n+]1ccn(c1)CCCn1cc[n+](c1)C2. The second-order valence-electron chi connectivity index (χ2n) is 5.62. The van der Waals surface area contributed by atoms with Gasteiger partial charge in [0.15, 0.2) is 0 Å². The van der Waals surface area contributed by atoms with Crippen molar-refractivity contribution in [1.29, 1.82) is 0 Å². The summed E-state index contributed by atoms with van der Waals surface area (Å²) in [6.45, 7) is 3.73. The molecule has 106 valence electrons. The smallest absolute Gasteiger partial charge is 0.244 e. The van der Waals surface area contributed by atoms with Crippen LogP contribution >= 0.6 is 0 Å². The molecule has 0 saturated carbocycles. The van der Waals surface area contributed by atoms with E-state index in [4.69, 9.17) is 4.98 Å². The minimum Gasteiger partial charge on any atom is -0.250 e. The fourth-order valence-electron chi connectivity index (χ4n) is 2.84. The zero-order chi connectivity index (χ0) is 14.1. The Labute approximate surface area is 123 Å². The number of hydrogen-bond donors (Lipinski definition) is 0. The van der Waals surface area contributed by atoms with Gasteiger partial charge in [0.25, 0.3) is 0 Å². The number of nitrogens with zero attached hydrogens (tertiary/aromatic N) is 5. The zero-order valence-electron chi connectivity index (χ0n) is 12.0. The minimum atomic E-state index is 0.826. The fraction of sp³-hybridized carbons (Fsp3) is 0.312. The molecular weight excluding hydrogens is 262 g/mol. The van der Waals surface area contributed by atoms with Gasteiger partial charge in [0.05, 0.1) is 24.5 Å². The monoisotopic (exact) mass is 281 g/mol. The Bertz CT molecular complexity index is 696. The van der Waals surface area contributed by atoms with Crippen molar-refractivity contribution >= 4 is 0 Å². The van der Waals surface area contributed by atoms with Gasteiger partial charge in [-0.3, -0.25) is 0 Å². The van der Waals surface area contributed by atoms with E-state index < -0.39 is 0 Å². The molecule has 0 fully saturated rings. The van der Waals surface area contributed by atoms with E-state index in [0.717, 1.165) is 44.0 Å². The van der Waals surface area contributed by atoms with Crippen LogP contribution in [-0.2, 0) is 26.2 Å². The van der Waals surface area contributed by atoms with Crippen molar-refractivity contribution in [3.63, 3.8) is 0 Å². The predicted octanol–water partition coefficient (Wildman–Crippen LogP) is 0.760. The van der Waals surface area contributed by atoms with Crippen LogP contribution in [-0.4, -0.2) is 14.1 Å². The zero-order valence-corrected chi connectivity index (χ0v) is 12.0. The molecule has 0 saturated heterocycles. The second kappa shape index (κ2) is 5.16. The largest absolute Gasteiger partial charge is 0.250 e. The lowest BCUT2D eigenvalue weighted by atomic mass is 10.3. The number of imidazole rings is 2. The normalized spacial score (nSPS) is 14.7. The third-order valence-corrected chi connectivity index (χ3v) is 3.88. The summed E-state index contributed by atoms with van der Waals surface area (Å²) in [5.74, 6) is 0. The molecule has 0 aromatic carbocycles.